The van der Waals surface area contributed by atoms with E-state index in [1.807, 2.05) is 5.32 Å². The van der Waals surface area contributed by atoms with Crippen LogP contribution in [-0.4, -0.2) is 47.1 Å². The summed E-state index contributed by atoms with van der Waals surface area (Å²) in [6, 6.07) is 0. The van der Waals surface area contributed by atoms with Gasteiger partial charge in [0.2, 0.25) is 0 Å². The summed E-state index contributed by atoms with van der Waals surface area (Å²) in [5.41, 5.74) is 0. The van der Waals surface area contributed by atoms with Crippen molar-refractivity contribution in [1.82, 2.24) is 5.32 Å². The molecule has 0 unspecified atom stereocenters. The van der Waals surface area contributed by atoms with Crippen LogP contribution in [0.3, 0.4) is 0 Å². The van der Waals surface area contributed by atoms with Crippen LogP contribution < -0.4 is 10.4 Å². The van der Waals surface area contributed by atoms with Crippen molar-refractivity contribution in [1.29, 1.82) is 0 Å². The molecule has 3 N–H and O–H groups in total. The number of carbonyl (C=O) groups is 1. The van der Waals surface area contributed by atoms with Gasteiger partial charge in [0.1, 0.15) is 0 Å². The smallest absolute Gasteiger partial charge is 0.339 e. The summed E-state index contributed by atoms with van der Waals surface area (Å²) in [6.07, 6.45) is -9.52. The molecule has 0 saturated carbocycles. The minimum absolute atomic E-state index is 0.550. The SMILES string of the molecule is O=C([O-])CNCP(=O)(O)O.[2H]C([2H])([2H])[S+](C([2H])([2H])[2H])C([2H])([2H])[2H]. The van der Waals surface area contributed by atoms with E-state index in [2.05, 4.69) is 0 Å². The summed E-state index contributed by atoms with van der Waals surface area (Å²) < 4.78 is 71.5. The number of rotatable bonds is 4. The van der Waals surface area contributed by atoms with Crippen LogP contribution in [0.5, 0.6) is 0 Å². The summed E-state index contributed by atoms with van der Waals surface area (Å²) >= 11 is 0. The maximum Gasteiger partial charge on any atom is 0.339 e. The molecule has 8 heteroatoms. The maximum atomic E-state index is 10.0. The highest BCUT2D eigenvalue weighted by atomic mass is 32.2. The van der Waals surface area contributed by atoms with Gasteiger partial charge in [-0.1, -0.05) is 0 Å². The Balaban J connectivity index is 0. The van der Waals surface area contributed by atoms with Gasteiger partial charge in [0.05, 0.1) is 43.1 Å². The number of carbonyl (C=O) groups excluding carboxylic acids is 1. The van der Waals surface area contributed by atoms with Crippen LogP contribution in [0.25, 0.3) is 0 Å². The van der Waals surface area contributed by atoms with Gasteiger partial charge < -0.3 is 25.0 Å². The molecule has 0 rings (SSSR count). The van der Waals surface area contributed by atoms with Gasteiger partial charge in [-0.15, -0.1) is 0 Å². The molecular formula is C6H16NO5PS. The molecule has 0 aromatic carbocycles. The quantitative estimate of drug-likeness (QED) is 0.394. The van der Waals surface area contributed by atoms with Gasteiger partial charge in [0.25, 0.3) is 0 Å². The van der Waals surface area contributed by atoms with Crippen LogP contribution in [0, 0.1) is 0 Å². The monoisotopic (exact) mass is 254 g/mol. The first-order chi connectivity index (χ1) is 9.78. The molecule has 0 aliphatic rings. The fourth-order valence-electron chi connectivity index (χ4n) is 0.304. The predicted octanol–water partition coefficient (Wildman–Crippen LogP) is -2.04. The number of aliphatic carboxylic acids is 1. The first-order valence-corrected chi connectivity index (χ1v) is 6.00. The van der Waals surface area contributed by atoms with Gasteiger partial charge in [0.15, 0.2) is 0 Å². The topological polar surface area (TPSA) is 110 Å². The third kappa shape index (κ3) is 29.7. The highest BCUT2D eigenvalue weighted by Gasteiger charge is 2.10. The molecule has 0 atom stereocenters. The summed E-state index contributed by atoms with van der Waals surface area (Å²) in [4.78, 5) is 26.0. The third-order valence-electron chi connectivity index (χ3n) is 0.587. The molecule has 0 saturated heterocycles. The Morgan fingerprint density at radius 1 is 1.57 bits per heavy atom. The molecule has 0 spiro atoms. The number of hydrogen-bond acceptors (Lipinski definition) is 4. The predicted molar refractivity (Wildman–Crippen MR) is 55.1 cm³/mol. The van der Waals surface area contributed by atoms with Crippen LogP contribution in [0.2, 0.25) is 0 Å². The van der Waals surface area contributed by atoms with Crippen molar-refractivity contribution in [3.8, 4) is 0 Å². The lowest BCUT2D eigenvalue weighted by Gasteiger charge is -2.05. The zero-order chi connectivity index (χ0) is 19.3. The number of carboxylic acids is 1. The van der Waals surface area contributed by atoms with Crippen LogP contribution in [0.4, 0.5) is 0 Å². The second-order valence-electron chi connectivity index (χ2n) is 1.93. The van der Waals surface area contributed by atoms with Crippen LogP contribution in [0.1, 0.15) is 12.3 Å². The zero-order valence-electron chi connectivity index (χ0n) is 15.9. The van der Waals surface area contributed by atoms with Crippen molar-refractivity contribution >= 4 is 24.5 Å². The van der Waals surface area contributed by atoms with Crippen molar-refractivity contribution < 1.29 is 36.6 Å². The first kappa shape index (κ1) is 5.32. The molecule has 0 aromatic heterocycles. The van der Waals surface area contributed by atoms with Crippen molar-refractivity contribution in [2.24, 2.45) is 0 Å². The Bertz CT molecular complexity index is 396. The second kappa shape index (κ2) is 8.26. The molecular weight excluding hydrogens is 229 g/mol. The van der Waals surface area contributed by atoms with E-state index >= 15 is 0 Å². The molecule has 0 aliphatic carbocycles. The Morgan fingerprint density at radius 2 is 2.07 bits per heavy atom. The van der Waals surface area contributed by atoms with E-state index < -0.39 is 55.8 Å². The van der Waals surface area contributed by atoms with Crippen molar-refractivity contribution in [3.63, 3.8) is 0 Å². The van der Waals surface area contributed by atoms with E-state index in [9.17, 15) is 14.5 Å². The highest BCUT2D eigenvalue weighted by molar-refractivity contribution is 7.94. The Hall–Kier alpha value is -0.0700. The Kier molecular flexibility index (Phi) is 3.14. The molecule has 0 bridgehead atoms. The number of hydrogen-bond donors (Lipinski definition) is 3. The van der Waals surface area contributed by atoms with Gasteiger partial charge in [-0.25, -0.2) is 0 Å². The molecule has 6 nitrogen and oxygen atoms in total. The lowest BCUT2D eigenvalue weighted by molar-refractivity contribution is -0.303. The zero-order valence-corrected chi connectivity index (χ0v) is 8.60. The average molecular weight is 254 g/mol. The molecule has 0 radical (unpaired) electrons. The van der Waals surface area contributed by atoms with Crippen LogP contribution in [-0.2, 0) is 20.3 Å². The van der Waals surface area contributed by atoms with Crippen molar-refractivity contribution in [3.05, 3.63) is 0 Å². The van der Waals surface area contributed by atoms with Crippen LogP contribution >= 0.6 is 7.60 Å². The molecule has 14 heavy (non-hydrogen) atoms. The Morgan fingerprint density at radius 3 is 2.29 bits per heavy atom. The Labute approximate surface area is 98.9 Å². The lowest BCUT2D eigenvalue weighted by Crippen LogP contribution is -2.34. The first-order valence-electron chi connectivity index (χ1n) is 7.48. The average Bonchev–Trinajstić information content (AvgIpc) is 2.05. The lowest BCUT2D eigenvalue weighted by atomic mass is 10.7. The van der Waals surface area contributed by atoms with Crippen molar-refractivity contribution in [2.75, 3.05) is 31.4 Å². The van der Waals surface area contributed by atoms with E-state index in [1.165, 1.54) is 0 Å². The highest BCUT2D eigenvalue weighted by Crippen LogP contribution is 2.31. The van der Waals surface area contributed by atoms with Gasteiger partial charge in [0, 0.05) is 6.54 Å². The molecule has 86 valence electrons. The van der Waals surface area contributed by atoms with Gasteiger partial charge >= 0.3 is 7.60 Å². The van der Waals surface area contributed by atoms with E-state index in [0.717, 1.165) is 0 Å². The van der Waals surface area contributed by atoms with Crippen molar-refractivity contribution in [2.45, 2.75) is 0 Å². The number of carboxylic acid groups (broad SMARTS) is 1. The maximum absolute atomic E-state index is 10.0. The van der Waals surface area contributed by atoms with Gasteiger partial charge in [-0.2, -0.15) is 0 Å². The minimum Gasteiger partial charge on any atom is -0.549 e. The molecule has 0 amide bonds. The largest absolute Gasteiger partial charge is 0.549 e. The minimum atomic E-state index is -4.12. The van der Waals surface area contributed by atoms with E-state index in [4.69, 9.17) is 22.1 Å². The molecule has 0 aliphatic heterocycles. The van der Waals surface area contributed by atoms with Crippen LogP contribution in [0.15, 0.2) is 0 Å². The van der Waals surface area contributed by atoms with Gasteiger partial charge in [-0.05, 0) is 10.9 Å². The fraction of sp³-hybridized carbons (Fsp3) is 0.833. The summed E-state index contributed by atoms with van der Waals surface area (Å²) in [7, 11) is -6.70. The van der Waals surface area contributed by atoms with E-state index in [1.54, 1.807) is 0 Å². The standard InChI is InChI=1S/C3H8NO5P.C3H9S/c5-3(6)1-4-2-10(7,8)9;1-4(2)3/h4H,1-2H2,(H,5,6)(H2,7,8,9);1-3H3/q;+1/p-1/i;1D3,2D3,3D3. The second-order valence-corrected chi connectivity index (χ2v) is 4.19. The normalized spacial score (nSPS) is 22.9. The summed E-state index contributed by atoms with van der Waals surface area (Å²) in [5.74, 6) is -1.39. The molecule has 0 aromatic rings. The van der Waals surface area contributed by atoms with E-state index in [-0.39, 0.29) is 0 Å². The molecule has 0 fully saturated rings. The summed E-state index contributed by atoms with van der Waals surface area (Å²) in [5, 5.41) is 11.7. The fourth-order valence-corrected chi connectivity index (χ4v) is 0.707. The van der Waals surface area contributed by atoms with E-state index in [0.29, 0.717) is 0 Å². The molecule has 0 heterocycles. The number of nitrogens with one attached hydrogen (secondary N) is 1. The third-order valence-corrected chi connectivity index (χ3v) is 1.22. The van der Waals surface area contributed by atoms with Gasteiger partial charge in [-0.3, -0.25) is 4.57 Å². The summed E-state index contributed by atoms with van der Waals surface area (Å²) in [6.45, 7) is -0.550.